The van der Waals surface area contributed by atoms with Gasteiger partial charge in [-0.2, -0.15) is 15.0 Å². The van der Waals surface area contributed by atoms with Crippen LogP contribution in [0.4, 0.5) is 23.5 Å². The van der Waals surface area contributed by atoms with E-state index < -0.39 is 6.10 Å². The Labute approximate surface area is 217 Å². The summed E-state index contributed by atoms with van der Waals surface area (Å²) in [6, 6.07) is 13.7. The second kappa shape index (κ2) is 11.2. The molecule has 9 heteroatoms. The van der Waals surface area contributed by atoms with Crippen molar-refractivity contribution < 1.29 is 14.6 Å². The Morgan fingerprint density at radius 1 is 1.03 bits per heavy atom. The van der Waals surface area contributed by atoms with Crippen molar-refractivity contribution in [3.63, 3.8) is 0 Å². The first kappa shape index (κ1) is 25.1. The molecular formula is C28H34N6O3. The molecule has 9 nitrogen and oxygen atoms in total. The molecule has 2 aliphatic heterocycles. The number of ether oxygens (including phenoxy) is 1. The lowest BCUT2D eigenvalue weighted by molar-refractivity contribution is 0.0993. The van der Waals surface area contributed by atoms with E-state index >= 15 is 0 Å². The number of rotatable bonds is 7. The first-order valence-corrected chi connectivity index (χ1v) is 12.9. The van der Waals surface area contributed by atoms with Crippen LogP contribution in [0.25, 0.3) is 0 Å². The van der Waals surface area contributed by atoms with Gasteiger partial charge in [0.1, 0.15) is 0 Å². The van der Waals surface area contributed by atoms with E-state index in [1.165, 1.54) is 0 Å². The van der Waals surface area contributed by atoms with Crippen LogP contribution in [0, 0.1) is 13.8 Å². The lowest BCUT2D eigenvalue weighted by atomic mass is 10.00. The molecule has 2 aliphatic rings. The van der Waals surface area contributed by atoms with Crippen molar-refractivity contribution in [2.75, 3.05) is 54.5 Å². The minimum absolute atomic E-state index is 0.0568. The van der Waals surface area contributed by atoms with E-state index in [0.717, 1.165) is 41.8 Å². The number of hydrogen-bond donors (Lipinski definition) is 2. The minimum atomic E-state index is -0.396. The van der Waals surface area contributed by atoms with Gasteiger partial charge in [0.15, 0.2) is 5.78 Å². The van der Waals surface area contributed by atoms with Gasteiger partial charge >= 0.3 is 0 Å². The number of morpholine rings is 1. The Bertz CT molecular complexity index is 1260. The van der Waals surface area contributed by atoms with E-state index in [4.69, 9.17) is 19.7 Å². The van der Waals surface area contributed by atoms with Crippen LogP contribution in [-0.4, -0.2) is 71.3 Å². The second-order valence-electron chi connectivity index (χ2n) is 9.84. The number of aliphatic hydroxyl groups excluding tert-OH is 1. The van der Waals surface area contributed by atoms with Crippen molar-refractivity contribution in [3.8, 4) is 0 Å². The molecule has 37 heavy (non-hydrogen) atoms. The lowest BCUT2D eigenvalue weighted by Crippen LogP contribution is -2.41. The number of aromatic nitrogens is 3. The molecule has 1 unspecified atom stereocenters. The third kappa shape index (κ3) is 6.23. The number of aryl methyl sites for hydroxylation is 2. The van der Waals surface area contributed by atoms with E-state index in [2.05, 4.69) is 10.2 Å². The molecule has 0 amide bonds. The number of ketones is 1. The van der Waals surface area contributed by atoms with E-state index in [0.29, 0.717) is 62.7 Å². The summed E-state index contributed by atoms with van der Waals surface area (Å²) < 4.78 is 5.50. The first-order valence-electron chi connectivity index (χ1n) is 12.9. The normalized spacial score (nSPS) is 18.1. The van der Waals surface area contributed by atoms with Gasteiger partial charge in [-0.25, -0.2) is 0 Å². The van der Waals surface area contributed by atoms with Crippen molar-refractivity contribution in [3.05, 3.63) is 64.7 Å². The Kier molecular flexibility index (Phi) is 7.62. The smallest absolute Gasteiger partial charge is 0.233 e. The van der Waals surface area contributed by atoms with Crippen LogP contribution in [0.1, 0.15) is 39.9 Å². The summed E-state index contributed by atoms with van der Waals surface area (Å²) in [6.45, 7) is 7.94. The number of anilines is 4. The lowest BCUT2D eigenvalue weighted by Gasteiger charge is -2.32. The van der Waals surface area contributed by atoms with E-state index in [9.17, 15) is 9.90 Å². The molecule has 1 atom stereocenters. The van der Waals surface area contributed by atoms with Crippen molar-refractivity contribution in [2.45, 2.75) is 39.2 Å². The number of carbonyl (C=O) groups is 1. The maximum Gasteiger partial charge on any atom is 0.233 e. The average molecular weight is 503 g/mol. The van der Waals surface area contributed by atoms with Crippen LogP contribution in [0.15, 0.2) is 42.5 Å². The predicted octanol–water partition coefficient (Wildman–Crippen LogP) is 3.46. The van der Waals surface area contributed by atoms with Gasteiger partial charge in [0, 0.05) is 43.9 Å². The molecule has 3 aromatic rings. The number of nitrogens with one attached hydrogen (secondary N) is 1. The molecule has 0 saturated carbocycles. The quantitative estimate of drug-likeness (QED) is 0.470. The molecule has 0 spiro atoms. The summed E-state index contributed by atoms with van der Waals surface area (Å²) >= 11 is 0. The topological polar surface area (TPSA) is 104 Å². The highest BCUT2D eigenvalue weighted by Crippen LogP contribution is 2.25. The highest BCUT2D eigenvalue weighted by atomic mass is 16.5. The number of benzene rings is 2. The zero-order chi connectivity index (χ0) is 25.8. The van der Waals surface area contributed by atoms with Gasteiger partial charge in [-0.15, -0.1) is 0 Å². The summed E-state index contributed by atoms with van der Waals surface area (Å²) in [6.07, 6.45) is 1.61. The second-order valence-corrected chi connectivity index (χ2v) is 9.84. The number of carbonyl (C=O) groups excluding carboxylic acids is 1. The summed E-state index contributed by atoms with van der Waals surface area (Å²) in [5.74, 6) is 1.60. The van der Waals surface area contributed by atoms with Crippen molar-refractivity contribution >= 4 is 29.3 Å². The molecule has 1 aromatic heterocycles. The number of hydrogen-bond acceptors (Lipinski definition) is 9. The van der Waals surface area contributed by atoms with Gasteiger partial charge in [0.25, 0.3) is 0 Å². The molecule has 0 aliphatic carbocycles. The fourth-order valence-corrected chi connectivity index (χ4v) is 4.75. The zero-order valence-corrected chi connectivity index (χ0v) is 21.5. The molecule has 194 valence electrons. The first-order chi connectivity index (χ1) is 17.9. The minimum Gasteiger partial charge on any atom is -0.391 e. The highest BCUT2D eigenvalue weighted by Gasteiger charge is 2.24. The fourth-order valence-electron chi connectivity index (χ4n) is 4.75. The van der Waals surface area contributed by atoms with Gasteiger partial charge in [0.05, 0.1) is 19.3 Å². The molecule has 2 saturated heterocycles. The Balaban J connectivity index is 1.42. The Morgan fingerprint density at radius 2 is 1.81 bits per heavy atom. The predicted molar refractivity (Wildman–Crippen MR) is 144 cm³/mol. The largest absolute Gasteiger partial charge is 0.391 e. The Hall–Kier alpha value is -3.56. The van der Waals surface area contributed by atoms with Crippen LogP contribution in [0.2, 0.25) is 0 Å². The summed E-state index contributed by atoms with van der Waals surface area (Å²) in [5.41, 5.74) is 4.53. The monoisotopic (exact) mass is 502 g/mol. The number of Topliss-reactive ketones (excluding diaryl/α,β-unsaturated/α-hetero) is 1. The standard InChI is InChI=1S/C28H34N6O3/c1-19-5-3-6-21(15-19)16-25(36)22-9-8-20(2)24(17-22)29-26-30-27(33-11-13-37-14-12-33)32-28(31-26)34-10-4-7-23(35)18-34/h3,5-6,8-9,15,17,23,35H,4,7,10-14,16,18H2,1-2H3,(H,29,30,31,32). The van der Waals surface area contributed by atoms with E-state index in [1.54, 1.807) is 0 Å². The van der Waals surface area contributed by atoms with Crippen LogP contribution >= 0.6 is 0 Å². The number of β-amino-alcohol motifs (C(OH)–C–C–N with tert-alkyl or cyclic N) is 1. The highest BCUT2D eigenvalue weighted by molar-refractivity contribution is 5.98. The van der Waals surface area contributed by atoms with Crippen LogP contribution < -0.4 is 15.1 Å². The van der Waals surface area contributed by atoms with E-state index in [1.807, 2.05) is 61.2 Å². The van der Waals surface area contributed by atoms with Gasteiger partial charge in [-0.05, 0) is 43.9 Å². The molecule has 2 N–H and O–H groups in total. The summed E-state index contributed by atoms with van der Waals surface area (Å²) in [4.78, 5) is 31.4. The van der Waals surface area contributed by atoms with Crippen molar-refractivity contribution in [1.82, 2.24) is 15.0 Å². The molecule has 0 radical (unpaired) electrons. The number of aliphatic hydroxyl groups is 1. The van der Waals surface area contributed by atoms with Crippen molar-refractivity contribution in [1.29, 1.82) is 0 Å². The van der Waals surface area contributed by atoms with Crippen LogP contribution in [0.3, 0.4) is 0 Å². The molecule has 5 rings (SSSR count). The maximum atomic E-state index is 13.1. The molecule has 2 fully saturated rings. The van der Waals surface area contributed by atoms with E-state index in [-0.39, 0.29) is 5.78 Å². The van der Waals surface area contributed by atoms with Gasteiger partial charge < -0.3 is 25.0 Å². The average Bonchev–Trinajstić information content (AvgIpc) is 2.90. The maximum absolute atomic E-state index is 13.1. The Morgan fingerprint density at radius 3 is 2.57 bits per heavy atom. The molecule has 3 heterocycles. The number of piperidine rings is 1. The third-order valence-electron chi connectivity index (χ3n) is 6.84. The fraction of sp³-hybridized carbons (Fsp3) is 0.429. The van der Waals surface area contributed by atoms with Crippen molar-refractivity contribution in [2.24, 2.45) is 0 Å². The van der Waals surface area contributed by atoms with Gasteiger partial charge in [-0.3, -0.25) is 4.79 Å². The molecular weight excluding hydrogens is 468 g/mol. The summed E-state index contributed by atoms with van der Waals surface area (Å²) in [7, 11) is 0. The van der Waals surface area contributed by atoms with Crippen LogP contribution in [0.5, 0.6) is 0 Å². The van der Waals surface area contributed by atoms with Gasteiger partial charge in [0.2, 0.25) is 17.8 Å². The van der Waals surface area contributed by atoms with Crippen LogP contribution in [-0.2, 0) is 11.2 Å². The SMILES string of the molecule is Cc1cccc(CC(=O)c2ccc(C)c(Nc3nc(N4CCOCC4)nc(N4CCCC(O)C4)n3)c2)c1. The third-order valence-corrected chi connectivity index (χ3v) is 6.84. The number of nitrogens with zero attached hydrogens (tertiary/aromatic N) is 5. The molecule has 0 bridgehead atoms. The summed E-state index contributed by atoms with van der Waals surface area (Å²) in [5, 5.41) is 13.6. The molecule has 2 aromatic carbocycles. The zero-order valence-electron chi connectivity index (χ0n) is 21.5. The van der Waals surface area contributed by atoms with Gasteiger partial charge in [-0.1, -0.05) is 42.0 Å².